The first-order valence-corrected chi connectivity index (χ1v) is 7.14. The van der Waals surface area contributed by atoms with E-state index in [1.165, 1.54) is 0 Å². The molecule has 116 valence electrons. The van der Waals surface area contributed by atoms with Gasteiger partial charge in [0, 0.05) is 26.3 Å². The molecule has 1 aliphatic heterocycles. The van der Waals surface area contributed by atoms with Gasteiger partial charge in [0.05, 0.1) is 17.7 Å². The van der Waals surface area contributed by atoms with Gasteiger partial charge in [-0.2, -0.15) is 5.10 Å². The number of rotatable bonds is 3. The maximum Gasteiger partial charge on any atom is 0.317 e. The Morgan fingerprint density at radius 1 is 1.48 bits per heavy atom. The highest BCUT2D eigenvalue weighted by molar-refractivity contribution is 5.77. The second kappa shape index (κ2) is 6.15. The molecule has 0 aromatic carbocycles. The van der Waals surface area contributed by atoms with Gasteiger partial charge in [0.1, 0.15) is 0 Å². The molecule has 7 heteroatoms. The second-order valence-electron chi connectivity index (χ2n) is 5.87. The highest BCUT2D eigenvalue weighted by atomic mass is 16.4. The summed E-state index contributed by atoms with van der Waals surface area (Å²) < 4.78 is 1.68. The third-order valence-electron chi connectivity index (χ3n) is 3.81. The van der Waals surface area contributed by atoms with E-state index >= 15 is 0 Å². The number of hydrogen-bond donors (Lipinski definition) is 2. The summed E-state index contributed by atoms with van der Waals surface area (Å²) in [6, 6.07) is 1.41. The number of nitrogens with zero attached hydrogens (tertiary/aromatic N) is 3. The number of aryl methyl sites for hydroxylation is 1. The number of nitrogens with one attached hydrogen (secondary N) is 1. The molecule has 2 heterocycles. The molecule has 1 aromatic heterocycles. The van der Waals surface area contributed by atoms with E-state index in [0.717, 1.165) is 5.69 Å². The van der Waals surface area contributed by atoms with E-state index in [9.17, 15) is 9.59 Å². The first-order chi connectivity index (χ1) is 9.86. The Morgan fingerprint density at radius 3 is 2.76 bits per heavy atom. The summed E-state index contributed by atoms with van der Waals surface area (Å²) in [6.07, 6.45) is 2.44. The zero-order chi connectivity index (χ0) is 15.6. The van der Waals surface area contributed by atoms with E-state index in [1.54, 1.807) is 9.58 Å². The van der Waals surface area contributed by atoms with Crippen LogP contribution in [0.3, 0.4) is 0 Å². The highest BCUT2D eigenvalue weighted by Crippen LogP contribution is 2.22. The number of piperidine rings is 1. The van der Waals surface area contributed by atoms with Crippen LogP contribution in [0.1, 0.15) is 32.0 Å². The topological polar surface area (TPSA) is 87.5 Å². The van der Waals surface area contributed by atoms with E-state index < -0.39 is 11.9 Å². The van der Waals surface area contributed by atoms with Gasteiger partial charge in [-0.1, -0.05) is 6.92 Å². The molecular weight excluding hydrogens is 272 g/mol. The Bertz CT molecular complexity index is 528. The van der Waals surface area contributed by atoms with Gasteiger partial charge in [0.2, 0.25) is 0 Å². The van der Waals surface area contributed by atoms with Crippen LogP contribution in [0.15, 0.2) is 12.3 Å². The average molecular weight is 294 g/mol. The third-order valence-corrected chi connectivity index (χ3v) is 3.81. The Kier molecular flexibility index (Phi) is 4.50. The lowest BCUT2D eigenvalue weighted by Crippen LogP contribution is -2.49. The van der Waals surface area contributed by atoms with Gasteiger partial charge < -0.3 is 15.3 Å². The number of carbonyl (C=O) groups excluding carboxylic acids is 1. The van der Waals surface area contributed by atoms with Crippen molar-refractivity contribution >= 4 is 12.0 Å². The number of hydrogen-bond acceptors (Lipinski definition) is 3. The molecule has 2 rings (SSSR count). The smallest absolute Gasteiger partial charge is 0.317 e. The molecule has 1 saturated heterocycles. The van der Waals surface area contributed by atoms with Crippen molar-refractivity contribution in [1.29, 1.82) is 0 Å². The molecule has 0 spiro atoms. The number of carboxylic acids is 1. The van der Waals surface area contributed by atoms with Crippen molar-refractivity contribution in [2.24, 2.45) is 18.9 Å². The third kappa shape index (κ3) is 3.74. The minimum absolute atomic E-state index is 0.191. The predicted molar refractivity (Wildman–Crippen MR) is 76.6 cm³/mol. The maximum absolute atomic E-state index is 12.3. The number of carboxylic acid groups (broad SMARTS) is 1. The minimum atomic E-state index is -0.836. The summed E-state index contributed by atoms with van der Waals surface area (Å²) in [5.74, 6) is -1.13. The monoisotopic (exact) mass is 294 g/mol. The molecule has 3 atom stereocenters. The summed E-state index contributed by atoms with van der Waals surface area (Å²) in [7, 11) is 1.82. The van der Waals surface area contributed by atoms with Crippen molar-refractivity contribution in [1.82, 2.24) is 20.0 Å². The number of carbonyl (C=O) groups is 2. The lowest BCUT2D eigenvalue weighted by Gasteiger charge is -2.35. The molecule has 21 heavy (non-hydrogen) atoms. The first-order valence-electron chi connectivity index (χ1n) is 7.14. The van der Waals surface area contributed by atoms with E-state index in [1.807, 2.05) is 33.2 Å². The van der Waals surface area contributed by atoms with Crippen LogP contribution in [0.5, 0.6) is 0 Å². The van der Waals surface area contributed by atoms with Crippen molar-refractivity contribution in [3.63, 3.8) is 0 Å². The Morgan fingerprint density at radius 2 is 2.19 bits per heavy atom. The van der Waals surface area contributed by atoms with Crippen LogP contribution in [0.2, 0.25) is 0 Å². The summed E-state index contributed by atoms with van der Waals surface area (Å²) in [4.78, 5) is 25.0. The van der Waals surface area contributed by atoms with Gasteiger partial charge in [-0.05, 0) is 25.3 Å². The van der Waals surface area contributed by atoms with Gasteiger partial charge in [-0.15, -0.1) is 0 Å². The molecule has 0 aliphatic carbocycles. The molecule has 2 N–H and O–H groups in total. The largest absolute Gasteiger partial charge is 0.481 e. The maximum atomic E-state index is 12.3. The molecular formula is C14H22N4O3. The normalized spacial score (nSPS) is 23.7. The van der Waals surface area contributed by atoms with Crippen molar-refractivity contribution in [3.05, 3.63) is 18.0 Å². The summed E-state index contributed by atoms with van der Waals surface area (Å²) >= 11 is 0. The fourth-order valence-corrected chi connectivity index (χ4v) is 2.71. The van der Waals surface area contributed by atoms with Crippen molar-refractivity contribution in [2.75, 3.05) is 13.1 Å². The van der Waals surface area contributed by atoms with Gasteiger partial charge in [0.25, 0.3) is 0 Å². The molecule has 3 unspecified atom stereocenters. The second-order valence-corrected chi connectivity index (χ2v) is 5.87. The Labute approximate surface area is 123 Å². The van der Waals surface area contributed by atoms with Crippen LogP contribution in [0.4, 0.5) is 4.79 Å². The molecule has 0 bridgehead atoms. The van der Waals surface area contributed by atoms with Gasteiger partial charge >= 0.3 is 12.0 Å². The number of likely N-dealkylation sites (tertiary alicyclic amines) is 1. The van der Waals surface area contributed by atoms with E-state index in [-0.39, 0.29) is 24.5 Å². The van der Waals surface area contributed by atoms with E-state index in [4.69, 9.17) is 5.11 Å². The average Bonchev–Trinajstić information content (AvgIpc) is 2.84. The highest BCUT2D eigenvalue weighted by Gasteiger charge is 2.32. The number of aliphatic carboxylic acids is 1. The van der Waals surface area contributed by atoms with Gasteiger partial charge in [-0.3, -0.25) is 9.48 Å². The van der Waals surface area contributed by atoms with Crippen molar-refractivity contribution in [3.8, 4) is 0 Å². The number of amides is 2. The van der Waals surface area contributed by atoms with Crippen LogP contribution in [0.25, 0.3) is 0 Å². The van der Waals surface area contributed by atoms with Crippen LogP contribution >= 0.6 is 0 Å². The lowest BCUT2D eigenvalue weighted by molar-refractivity contribution is -0.143. The van der Waals surface area contributed by atoms with E-state index in [2.05, 4.69) is 10.4 Å². The fourth-order valence-electron chi connectivity index (χ4n) is 2.71. The zero-order valence-corrected chi connectivity index (χ0v) is 12.6. The molecule has 1 aliphatic rings. The summed E-state index contributed by atoms with van der Waals surface area (Å²) in [5, 5.41) is 16.3. The van der Waals surface area contributed by atoms with Gasteiger partial charge in [0.15, 0.2) is 0 Å². The SMILES string of the molecule is CC1CC(C(=O)O)CN(C(=O)NC(C)c2ccn(C)n2)C1. The van der Waals surface area contributed by atoms with Crippen molar-refractivity contribution in [2.45, 2.75) is 26.3 Å². The Balaban J connectivity index is 1.97. The molecule has 2 amide bonds. The first kappa shape index (κ1) is 15.3. The standard InChI is InChI=1S/C14H22N4O3/c1-9-6-11(13(19)20)8-18(7-9)14(21)15-10(2)12-4-5-17(3)16-12/h4-5,9-11H,6-8H2,1-3H3,(H,15,21)(H,19,20). The van der Waals surface area contributed by atoms with Crippen LogP contribution in [-0.4, -0.2) is 44.9 Å². The summed E-state index contributed by atoms with van der Waals surface area (Å²) in [6.45, 7) is 4.69. The fraction of sp³-hybridized carbons (Fsp3) is 0.643. The number of urea groups is 1. The number of aromatic nitrogens is 2. The summed E-state index contributed by atoms with van der Waals surface area (Å²) in [5.41, 5.74) is 0.783. The Hall–Kier alpha value is -2.05. The molecule has 0 radical (unpaired) electrons. The molecule has 1 aromatic rings. The van der Waals surface area contributed by atoms with Crippen LogP contribution < -0.4 is 5.32 Å². The van der Waals surface area contributed by atoms with Crippen LogP contribution in [-0.2, 0) is 11.8 Å². The van der Waals surface area contributed by atoms with Crippen LogP contribution in [0, 0.1) is 11.8 Å². The lowest BCUT2D eigenvalue weighted by atomic mass is 9.91. The minimum Gasteiger partial charge on any atom is -0.481 e. The predicted octanol–water partition coefficient (Wildman–Crippen LogP) is 1.23. The van der Waals surface area contributed by atoms with Crippen molar-refractivity contribution < 1.29 is 14.7 Å². The molecule has 1 fully saturated rings. The zero-order valence-electron chi connectivity index (χ0n) is 12.6. The molecule has 0 saturated carbocycles. The van der Waals surface area contributed by atoms with E-state index in [0.29, 0.717) is 13.0 Å². The van der Waals surface area contributed by atoms with Gasteiger partial charge in [-0.25, -0.2) is 4.79 Å². The quantitative estimate of drug-likeness (QED) is 0.878. The molecule has 7 nitrogen and oxygen atoms in total.